The standard InChI is InChI=1S/C21H14ClF3N4O3S/c1-33(31,32)15-4-2-3-14(9-15)27-20(30)16-11-26-29-18(21(23,24)25)10-17(28-19(16)29)12-5-7-13(22)8-6-12/h2-11H,1H3,(H,27,30). The third kappa shape index (κ3) is 4.69. The fourth-order valence-corrected chi connectivity index (χ4v) is 3.89. The van der Waals surface area contributed by atoms with Gasteiger partial charge in [-0.2, -0.15) is 18.3 Å². The molecule has 0 spiro atoms. The van der Waals surface area contributed by atoms with Crippen molar-refractivity contribution in [3.63, 3.8) is 0 Å². The van der Waals surface area contributed by atoms with Gasteiger partial charge < -0.3 is 5.32 Å². The van der Waals surface area contributed by atoms with Crippen LogP contribution in [0.25, 0.3) is 16.9 Å². The highest BCUT2D eigenvalue weighted by Crippen LogP contribution is 2.33. The van der Waals surface area contributed by atoms with E-state index in [4.69, 9.17) is 11.6 Å². The zero-order valence-corrected chi connectivity index (χ0v) is 18.3. The second-order valence-corrected chi connectivity index (χ2v) is 9.53. The number of amides is 1. The van der Waals surface area contributed by atoms with Gasteiger partial charge in [0, 0.05) is 22.5 Å². The lowest BCUT2D eigenvalue weighted by Gasteiger charge is -2.12. The number of sulfone groups is 1. The number of rotatable bonds is 4. The molecule has 1 amide bonds. The van der Waals surface area contributed by atoms with E-state index < -0.39 is 27.6 Å². The molecule has 0 unspecified atom stereocenters. The number of hydrogen-bond donors (Lipinski definition) is 1. The molecule has 4 rings (SSSR count). The average Bonchev–Trinajstić information content (AvgIpc) is 3.16. The maximum absolute atomic E-state index is 13.7. The number of alkyl halides is 3. The molecule has 0 aliphatic carbocycles. The van der Waals surface area contributed by atoms with Gasteiger partial charge in [0.05, 0.1) is 16.8 Å². The third-order valence-corrected chi connectivity index (χ3v) is 6.03. The van der Waals surface area contributed by atoms with Crippen LogP contribution in [0.2, 0.25) is 5.02 Å². The van der Waals surface area contributed by atoms with Crippen LogP contribution in [0.1, 0.15) is 16.1 Å². The summed E-state index contributed by atoms with van der Waals surface area (Å²) in [4.78, 5) is 17.1. The number of nitrogens with one attached hydrogen (secondary N) is 1. The minimum Gasteiger partial charge on any atom is -0.322 e. The Balaban J connectivity index is 1.81. The number of halogens is 4. The van der Waals surface area contributed by atoms with Crippen molar-refractivity contribution in [1.82, 2.24) is 14.6 Å². The zero-order valence-electron chi connectivity index (χ0n) is 16.8. The van der Waals surface area contributed by atoms with Gasteiger partial charge in [0.2, 0.25) is 0 Å². The Morgan fingerprint density at radius 3 is 2.42 bits per heavy atom. The maximum atomic E-state index is 13.7. The summed E-state index contributed by atoms with van der Waals surface area (Å²) in [5.41, 5.74) is -1.17. The molecule has 170 valence electrons. The molecule has 2 aromatic carbocycles. The van der Waals surface area contributed by atoms with Crippen molar-refractivity contribution in [1.29, 1.82) is 0 Å². The summed E-state index contributed by atoms with van der Waals surface area (Å²) >= 11 is 5.86. The van der Waals surface area contributed by atoms with Crippen molar-refractivity contribution in [3.05, 3.63) is 77.1 Å². The molecule has 0 aliphatic rings. The lowest BCUT2D eigenvalue weighted by molar-refractivity contribution is -0.142. The first-order chi connectivity index (χ1) is 15.4. The summed E-state index contributed by atoms with van der Waals surface area (Å²) in [5.74, 6) is -0.801. The summed E-state index contributed by atoms with van der Waals surface area (Å²) < 4.78 is 65.2. The largest absolute Gasteiger partial charge is 0.433 e. The van der Waals surface area contributed by atoms with Crippen LogP contribution in [0.15, 0.2) is 65.7 Å². The topological polar surface area (TPSA) is 93.4 Å². The van der Waals surface area contributed by atoms with Gasteiger partial charge in [0.1, 0.15) is 5.56 Å². The first kappa shape index (κ1) is 22.7. The van der Waals surface area contributed by atoms with E-state index in [1.165, 1.54) is 48.5 Å². The number of anilines is 1. The smallest absolute Gasteiger partial charge is 0.322 e. The Kier molecular flexibility index (Phi) is 5.62. The van der Waals surface area contributed by atoms with Gasteiger partial charge in [-0.3, -0.25) is 4.79 Å². The van der Waals surface area contributed by atoms with E-state index in [-0.39, 0.29) is 27.5 Å². The molecule has 1 N–H and O–H groups in total. The number of nitrogens with zero attached hydrogens (tertiary/aromatic N) is 3. The fraction of sp³-hybridized carbons (Fsp3) is 0.0952. The van der Waals surface area contributed by atoms with E-state index in [0.717, 1.165) is 18.5 Å². The van der Waals surface area contributed by atoms with Gasteiger partial charge >= 0.3 is 6.18 Å². The van der Waals surface area contributed by atoms with E-state index in [9.17, 15) is 26.4 Å². The molecule has 0 bridgehead atoms. The highest BCUT2D eigenvalue weighted by Gasteiger charge is 2.36. The second-order valence-electron chi connectivity index (χ2n) is 7.08. The SMILES string of the molecule is CS(=O)(=O)c1cccc(NC(=O)c2cnn3c(C(F)(F)F)cc(-c4ccc(Cl)cc4)nc23)c1. The van der Waals surface area contributed by atoms with E-state index in [1.807, 2.05) is 0 Å². The molecule has 0 atom stereocenters. The third-order valence-electron chi connectivity index (χ3n) is 4.67. The molecule has 0 saturated carbocycles. The summed E-state index contributed by atoms with van der Waals surface area (Å²) in [5, 5.41) is 6.59. The summed E-state index contributed by atoms with van der Waals surface area (Å²) in [6.07, 6.45) is -2.79. The summed E-state index contributed by atoms with van der Waals surface area (Å²) in [7, 11) is -3.53. The highest BCUT2D eigenvalue weighted by molar-refractivity contribution is 7.90. The molecule has 0 aliphatic heterocycles. The molecule has 33 heavy (non-hydrogen) atoms. The van der Waals surface area contributed by atoms with Crippen molar-refractivity contribution < 1.29 is 26.4 Å². The average molecular weight is 495 g/mol. The van der Waals surface area contributed by atoms with Crippen molar-refractivity contribution in [3.8, 4) is 11.3 Å². The highest BCUT2D eigenvalue weighted by atomic mass is 35.5. The van der Waals surface area contributed by atoms with Crippen molar-refractivity contribution in [2.45, 2.75) is 11.1 Å². The molecular weight excluding hydrogens is 481 g/mol. The molecule has 0 fully saturated rings. The first-order valence-electron chi connectivity index (χ1n) is 9.27. The number of aromatic nitrogens is 3. The van der Waals surface area contributed by atoms with Crippen molar-refractivity contribution >= 4 is 38.7 Å². The van der Waals surface area contributed by atoms with Gasteiger partial charge in [0.15, 0.2) is 21.2 Å². The number of hydrogen-bond acceptors (Lipinski definition) is 5. The van der Waals surface area contributed by atoms with Crippen LogP contribution in [0.3, 0.4) is 0 Å². The fourth-order valence-electron chi connectivity index (χ4n) is 3.10. The van der Waals surface area contributed by atoms with Crippen LogP contribution in [0.5, 0.6) is 0 Å². The molecule has 2 aromatic heterocycles. The van der Waals surface area contributed by atoms with Gasteiger partial charge in [-0.05, 0) is 36.4 Å². The Hall–Kier alpha value is -3.44. The predicted molar refractivity (Wildman–Crippen MR) is 116 cm³/mol. The quantitative estimate of drug-likeness (QED) is 0.443. The van der Waals surface area contributed by atoms with Gasteiger partial charge in [-0.25, -0.2) is 17.9 Å². The first-order valence-corrected chi connectivity index (χ1v) is 11.5. The lowest BCUT2D eigenvalue weighted by Crippen LogP contribution is -2.16. The van der Waals surface area contributed by atoms with Crippen LogP contribution in [0, 0.1) is 0 Å². The zero-order chi connectivity index (χ0) is 24.0. The molecule has 12 heteroatoms. The maximum Gasteiger partial charge on any atom is 0.433 e. The van der Waals surface area contributed by atoms with E-state index in [1.54, 1.807) is 0 Å². The predicted octanol–water partition coefficient (Wildman–Crippen LogP) is 4.72. The van der Waals surface area contributed by atoms with E-state index in [0.29, 0.717) is 15.1 Å². The van der Waals surface area contributed by atoms with Crippen molar-refractivity contribution in [2.75, 3.05) is 11.6 Å². The van der Waals surface area contributed by atoms with Gasteiger partial charge in [0.25, 0.3) is 5.91 Å². The van der Waals surface area contributed by atoms with Crippen LogP contribution < -0.4 is 5.32 Å². The second kappa shape index (κ2) is 8.16. The normalized spacial score (nSPS) is 12.2. The van der Waals surface area contributed by atoms with Crippen LogP contribution in [0.4, 0.5) is 18.9 Å². The lowest BCUT2D eigenvalue weighted by atomic mass is 10.1. The molecule has 2 heterocycles. The van der Waals surface area contributed by atoms with Crippen LogP contribution in [-0.4, -0.2) is 35.2 Å². The Morgan fingerprint density at radius 2 is 1.79 bits per heavy atom. The number of benzene rings is 2. The van der Waals surface area contributed by atoms with Crippen molar-refractivity contribution in [2.24, 2.45) is 0 Å². The number of fused-ring (bicyclic) bond motifs is 1. The Labute approximate surface area is 190 Å². The molecule has 0 radical (unpaired) electrons. The van der Waals surface area contributed by atoms with Gasteiger partial charge in [-0.15, -0.1) is 0 Å². The number of carbonyl (C=O) groups is 1. The molecule has 4 aromatic rings. The minimum atomic E-state index is -4.77. The van der Waals surface area contributed by atoms with E-state index >= 15 is 0 Å². The molecular formula is C21H14ClF3N4O3S. The summed E-state index contributed by atoms with van der Waals surface area (Å²) in [6, 6.07) is 12.3. The Bertz CT molecular complexity index is 1480. The van der Waals surface area contributed by atoms with E-state index in [2.05, 4.69) is 15.4 Å². The van der Waals surface area contributed by atoms with Gasteiger partial charge in [-0.1, -0.05) is 29.8 Å². The minimum absolute atomic E-state index is 0.0253. The molecule has 0 saturated heterocycles. The Morgan fingerprint density at radius 1 is 1.09 bits per heavy atom. The number of carbonyl (C=O) groups excluding carboxylic acids is 1. The van der Waals surface area contributed by atoms with Crippen LogP contribution >= 0.6 is 11.6 Å². The molecule has 7 nitrogen and oxygen atoms in total. The summed E-state index contributed by atoms with van der Waals surface area (Å²) in [6.45, 7) is 0. The monoisotopic (exact) mass is 494 g/mol. The van der Waals surface area contributed by atoms with Crippen LogP contribution in [-0.2, 0) is 16.0 Å².